The Kier molecular flexibility index (Phi) is 8.27. The molecule has 1 aromatic carbocycles. The fraction of sp³-hybridized carbons (Fsp3) is 0.577. The first-order valence-electron chi connectivity index (χ1n) is 12.1. The number of methoxy groups -OCH3 is 1. The van der Waals surface area contributed by atoms with E-state index in [1.54, 1.807) is 26.1 Å². The minimum absolute atomic E-state index is 0.0358. The van der Waals surface area contributed by atoms with Crippen LogP contribution in [0.1, 0.15) is 36.8 Å². The van der Waals surface area contributed by atoms with Crippen molar-refractivity contribution in [2.24, 2.45) is 17.8 Å². The Labute approximate surface area is 207 Å². The maximum absolute atomic E-state index is 11.9. The lowest BCUT2D eigenvalue weighted by Gasteiger charge is -2.32. The van der Waals surface area contributed by atoms with Crippen molar-refractivity contribution >= 4 is 23.5 Å². The van der Waals surface area contributed by atoms with Gasteiger partial charge in [0.15, 0.2) is 0 Å². The summed E-state index contributed by atoms with van der Waals surface area (Å²) in [6.07, 6.45) is 8.82. The maximum Gasteiger partial charge on any atom is 0.226 e. The van der Waals surface area contributed by atoms with E-state index < -0.39 is 0 Å². The summed E-state index contributed by atoms with van der Waals surface area (Å²) in [7, 11) is 5.18. The van der Waals surface area contributed by atoms with Crippen molar-refractivity contribution in [2.75, 3.05) is 45.8 Å². The summed E-state index contributed by atoms with van der Waals surface area (Å²) in [5.74, 6) is 4.00. The van der Waals surface area contributed by atoms with Gasteiger partial charge < -0.3 is 19.3 Å². The summed E-state index contributed by atoms with van der Waals surface area (Å²) in [4.78, 5) is 24.8. The lowest BCUT2D eigenvalue weighted by molar-refractivity contribution is -0.127. The number of carbonyl (C=O) groups is 1. The van der Waals surface area contributed by atoms with E-state index in [1.807, 2.05) is 30.6 Å². The summed E-state index contributed by atoms with van der Waals surface area (Å²) < 4.78 is 11.1. The lowest BCUT2D eigenvalue weighted by Crippen LogP contribution is -2.35. The number of rotatable bonds is 10. The van der Waals surface area contributed by atoms with E-state index in [-0.39, 0.29) is 5.91 Å². The van der Waals surface area contributed by atoms with Gasteiger partial charge >= 0.3 is 0 Å². The number of hydrogen-bond donors (Lipinski definition) is 0. The minimum atomic E-state index is 0.0358. The number of ether oxygens (including phenoxy) is 2. The van der Waals surface area contributed by atoms with Crippen LogP contribution in [0.2, 0.25) is 5.02 Å². The molecule has 1 aromatic heterocycles. The van der Waals surface area contributed by atoms with Gasteiger partial charge in [0.05, 0.1) is 19.6 Å². The van der Waals surface area contributed by atoms with Gasteiger partial charge in [0.2, 0.25) is 11.9 Å². The molecule has 8 heteroatoms. The van der Waals surface area contributed by atoms with E-state index in [0.717, 1.165) is 60.1 Å². The van der Waals surface area contributed by atoms with E-state index in [2.05, 4.69) is 14.9 Å². The highest BCUT2D eigenvalue weighted by molar-refractivity contribution is 6.31. The van der Waals surface area contributed by atoms with E-state index in [4.69, 9.17) is 21.1 Å². The number of carbonyl (C=O) groups excluding carboxylic acids is 1. The topological polar surface area (TPSA) is 67.8 Å². The minimum Gasteiger partial charge on any atom is -0.494 e. The van der Waals surface area contributed by atoms with Crippen molar-refractivity contribution < 1.29 is 14.3 Å². The third-order valence-corrected chi connectivity index (χ3v) is 7.38. The summed E-state index contributed by atoms with van der Waals surface area (Å²) in [6.45, 7) is 3.30. The van der Waals surface area contributed by atoms with Gasteiger partial charge in [-0.1, -0.05) is 17.7 Å². The Morgan fingerprint density at radius 3 is 2.59 bits per heavy atom. The normalized spacial score (nSPS) is 20.3. The van der Waals surface area contributed by atoms with Crippen molar-refractivity contribution in [2.45, 2.75) is 38.7 Å². The summed E-state index contributed by atoms with van der Waals surface area (Å²) in [5, 5.41) is 0.584. The van der Waals surface area contributed by atoms with E-state index in [1.165, 1.54) is 19.3 Å². The number of halogens is 1. The first-order chi connectivity index (χ1) is 16.4. The van der Waals surface area contributed by atoms with Crippen molar-refractivity contribution in [1.29, 1.82) is 0 Å². The number of likely N-dealkylation sites (N-methyl/N-ethyl adjacent to an activating group) is 1. The SMILES string of the molecule is COCc1cnc(N2CCC([C@H]3C[C@H]3CCOc3ccc(CC(=O)N(C)C)c(Cl)c3)CC2)nc1. The monoisotopic (exact) mass is 486 g/mol. The van der Waals surface area contributed by atoms with Crippen LogP contribution in [0.3, 0.4) is 0 Å². The number of nitrogens with zero attached hydrogens (tertiary/aromatic N) is 4. The second-order valence-electron chi connectivity index (χ2n) is 9.66. The van der Waals surface area contributed by atoms with Crippen molar-refractivity contribution in [3.05, 3.63) is 46.7 Å². The molecule has 1 amide bonds. The highest BCUT2D eigenvalue weighted by Gasteiger charge is 2.43. The molecule has 1 aliphatic carbocycles. The molecule has 1 saturated heterocycles. The van der Waals surface area contributed by atoms with Gasteiger partial charge in [-0.2, -0.15) is 0 Å². The van der Waals surface area contributed by atoms with Crippen LogP contribution in [-0.4, -0.2) is 61.7 Å². The molecule has 2 atom stereocenters. The molecule has 2 aromatic rings. The summed E-state index contributed by atoms with van der Waals surface area (Å²) >= 11 is 6.37. The molecule has 4 rings (SSSR count). The molecule has 0 unspecified atom stereocenters. The number of aromatic nitrogens is 2. The molecule has 184 valence electrons. The van der Waals surface area contributed by atoms with E-state index in [0.29, 0.717) is 24.7 Å². The molecule has 7 nitrogen and oxygen atoms in total. The molecule has 2 fully saturated rings. The maximum atomic E-state index is 11.9. The molecule has 0 N–H and O–H groups in total. The third kappa shape index (κ3) is 6.39. The van der Waals surface area contributed by atoms with Gasteiger partial charge in [-0.3, -0.25) is 4.79 Å². The van der Waals surface area contributed by atoms with Crippen molar-refractivity contribution in [3.8, 4) is 5.75 Å². The van der Waals surface area contributed by atoms with Gasteiger partial charge in [0.25, 0.3) is 0 Å². The number of piperidine rings is 1. The molecule has 0 spiro atoms. The Morgan fingerprint density at radius 2 is 1.94 bits per heavy atom. The fourth-order valence-corrected chi connectivity index (χ4v) is 5.11. The quantitative estimate of drug-likeness (QED) is 0.500. The first-order valence-corrected chi connectivity index (χ1v) is 12.5. The van der Waals surface area contributed by atoms with Gasteiger partial charge in [-0.25, -0.2) is 9.97 Å². The standard InChI is InChI=1S/C26H35ClN4O3/c1-30(2)25(32)13-21-4-5-22(14-24(21)27)34-11-8-20-12-23(20)19-6-9-31(10-7-19)26-28-15-18(16-29-26)17-33-3/h4-5,14-16,19-20,23H,6-13,17H2,1-3H3/t20-,23-/m1/s1. The Morgan fingerprint density at radius 1 is 1.21 bits per heavy atom. The number of benzene rings is 1. The summed E-state index contributed by atoms with van der Waals surface area (Å²) in [6, 6.07) is 5.62. The average Bonchev–Trinajstić information content (AvgIpc) is 3.61. The number of anilines is 1. The zero-order valence-electron chi connectivity index (χ0n) is 20.4. The molecule has 1 saturated carbocycles. The highest BCUT2D eigenvalue weighted by atomic mass is 35.5. The second kappa shape index (κ2) is 11.4. The summed E-state index contributed by atoms with van der Waals surface area (Å²) in [5.41, 5.74) is 1.83. The van der Waals surface area contributed by atoms with Crippen molar-refractivity contribution in [1.82, 2.24) is 14.9 Å². The molecule has 0 bridgehead atoms. The third-order valence-electron chi connectivity index (χ3n) is 7.03. The smallest absolute Gasteiger partial charge is 0.226 e. The Bertz CT molecular complexity index is 961. The van der Waals surface area contributed by atoms with Crippen LogP contribution in [0.25, 0.3) is 0 Å². The molecule has 2 aliphatic rings. The predicted molar refractivity (Wildman–Crippen MR) is 133 cm³/mol. The number of hydrogen-bond acceptors (Lipinski definition) is 6. The zero-order chi connectivity index (χ0) is 24.1. The largest absolute Gasteiger partial charge is 0.494 e. The first kappa shape index (κ1) is 24.7. The van der Waals surface area contributed by atoms with Crippen LogP contribution in [-0.2, 0) is 22.6 Å². The number of amides is 1. The predicted octanol–water partition coefficient (Wildman–Crippen LogP) is 4.23. The van der Waals surface area contributed by atoms with Gasteiger partial charge in [0.1, 0.15) is 5.75 Å². The molecular weight excluding hydrogens is 452 g/mol. The van der Waals surface area contributed by atoms with Gasteiger partial charge in [-0.15, -0.1) is 0 Å². The lowest BCUT2D eigenvalue weighted by atomic mass is 9.90. The van der Waals surface area contributed by atoms with E-state index in [9.17, 15) is 4.79 Å². The Balaban J connectivity index is 1.16. The zero-order valence-corrected chi connectivity index (χ0v) is 21.1. The Hall–Kier alpha value is -2.38. The molecule has 2 heterocycles. The molecular formula is C26H35ClN4O3. The van der Waals surface area contributed by atoms with Gasteiger partial charge in [0, 0.05) is 57.3 Å². The van der Waals surface area contributed by atoms with Crippen LogP contribution in [0.15, 0.2) is 30.6 Å². The van der Waals surface area contributed by atoms with Crippen LogP contribution in [0.4, 0.5) is 5.95 Å². The van der Waals surface area contributed by atoms with Crippen LogP contribution < -0.4 is 9.64 Å². The van der Waals surface area contributed by atoms with Crippen molar-refractivity contribution in [3.63, 3.8) is 0 Å². The molecule has 0 radical (unpaired) electrons. The fourth-order valence-electron chi connectivity index (χ4n) is 4.87. The van der Waals surface area contributed by atoms with E-state index >= 15 is 0 Å². The second-order valence-corrected chi connectivity index (χ2v) is 10.1. The average molecular weight is 487 g/mol. The van der Waals surface area contributed by atoms with Gasteiger partial charge in [-0.05, 0) is 61.1 Å². The van der Waals surface area contributed by atoms with Crippen LogP contribution in [0, 0.1) is 17.8 Å². The van der Waals surface area contributed by atoms with Crippen LogP contribution in [0.5, 0.6) is 5.75 Å². The molecule has 1 aliphatic heterocycles. The van der Waals surface area contributed by atoms with Crippen LogP contribution >= 0.6 is 11.6 Å². The highest BCUT2D eigenvalue weighted by Crippen LogP contribution is 2.49. The molecule has 34 heavy (non-hydrogen) atoms.